The molecule has 5 rings (SSSR count). The number of H-pyrrole nitrogens is 1. The molecule has 9 heteroatoms. The summed E-state index contributed by atoms with van der Waals surface area (Å²) >= 11 is 1.24. The molecule has 27 heavy (non-hydrogen) atoms. The van der Waals surface area contributed by atoms with Crippen molar-refractivity contribution < 1.29 is 13.9 Å². The Balaban J connectivity index is 1.72. The fourth-order valence-corrected chi connectivity index (χ4v) is 4.76. The molecule has 1 fully saturated rings. The number of halogens is 2. The number of nitrogens with zero attached hydrogens (tertiary/aromatic N) is 3. The first-order chi connectivity index (χ1) is 12.8. The molecular formula is C18H16F2N4O2S. The van der Waals surface area contributed by atoms with E-state index in [0.717, 1.165) is 5.39 Å². The van der Waals surface area contributed by atoms with Gasteiger partial charge in [0, 0.05) is 30.1 Å². The van der Waals surface area contributed by atoms with Crippen LogP contribution in [0.2, 0.25) is 0 Å². The molecule has 3 aromatic rings. The van der Waals surface area contributed by atoms with E-state index in [-0.39, 0.29) is 36.1 Å². The number of nitrogens with one attached hydrogen (secondary N) is 1. The smallest absolute Gasteiger partial charge is 0.290 e. The lowest BCUT2D eigenvalue weighted by Crippen LogP contribution is -2.59. The topological polar surface area (TPSA) is 82.1 Å². The number of thiophene rings is 1. The van der Waals surface area contributed by atoms with Crippen molar-refractivity contribution in [2.45, 2.75) is 37.8 Å². The van der Waals surface area contributed by atoms with Crippen molar-refractivity contribution in [3.63, 3.8) is 0 Å². The van der Waals surface area contributed by atoms with E-state index < -0.39 is 12.0 Å². The highest BCUT2D eigenvalue weighted by molar-refractivity contribution is 7.22. The zero-order chi connectivity index (χ0) is 18.9. The second-order valence-corrected chi connectivity index (χ2v) is 8.12. The van der Waals surface area contributed by atoms with Crippen LogP contribution in [0.4, 0.5) is 14.7 Å². The molecule has 0 spiro atoms. The van der Waals surface area contributed by atoms with Crippen molar-refractivity contribution >= 4 is 27.4 Å². The largest absolute Gasteiger partial charge is 0.389 e. The molecule has 1 aliphatic carbocycles. The Hall–Kier alpha value is -2.39. The second kappa shape index (κ2) is 5.56. The molecule has 6 nitrogen and oxygen atoms in total. The van der Waals surface area contributed by atoms with Crippen LogP contribution in [-0.2, 0) is 12.3 Å². The Morgan fingerprint density at radius 3 is 2.93 bits per heavy atom. The van der Waals surface area contributed by atoms with Gasteiger partial charge < -0.3 is 15.0 Å². The molecule has 3 aromatic heterocycles. The van der Waals surface area contributed by atoms with Gasteiger partial charge in [-0.2, -0.15) is 8.78 Å². The van der Waals surface area contributed by atoms with Gasteiger partial charge in [-0.1, -0.05) is 0 Å². The molecule has 0 saturated carbocycles. The average molecular weight is 390 g/mol. The van der Waals surface area contributed by atoms with E-state index in [9.17, 15) is 18.7 Å². The van der Waals surface area contributed by atoms with E-state index in [0.29, 0.717) is 27.4 Å². The minimum absolute atomic E-state index is 0.195. The van der Waals surface area contributed by atoms with Crippen molar-refractivity contribution in [1.29, 1.82) is 0 Å². The van der Waals surface area contributed by atoms with Gasteiger partial charge >= 0.3 is 0 Å². The Morgan fingerprint density at radius 1 is 1.41 bits per heavy atom. The number of aliphatic hydroxyl groups excluding tert-OH is 1. The van der Waals surface area contributed by atoms with Crippen LogP contribution < -0.4 is 10.5 Å². The Labute approximate surface area is 156 Å². The quantitative estimate of drug-likeness (QED) is 0.703. The predicted octanol–water partition coefficient (Wildman–Crippen LogP) is 2.65. The highest BCUT2D eigenvalue weighted by atomic mass is 32.1. The van der Waals surface area contributed by atoms with Crippen molar-refractivity contribution in [1.82, 2.24) is 15.0 Å². The van der Waals surface area contributed by atoms with Gasteiger partial charge in [0.05, 0.1) is 22.7 Å². The summed E-state index contributed by atoms with van der Waals surface area (Å²) in [5, 5.41) is 10.5. The van der Waals surface area contributed by atoms with Crippen LogP contribution in [-0.4, -0.2) is 38.7 Å². The number of aliphatic hydroxyl groups is 1. The van der Waals surface area contributed by atoms with Crippen LogP contribution in [0.1, 0.15) is 24.6 Å². The van der Waals surface area contributed by atoms with Crippen LogP contribution in [0.5, 0.6) is 0 Å². The maximum Gasteiger partial charge on any atom is 0.290 e. The Kier molecular flexibility index (Phi) is 3.45. The number of aromatic nitrogens is 3. The maximum absolute atomic E-state index is 14.4. The third-order valence-electron chi connectivity index (χ3n) is 5.40. The molecule has 0 aromatic carbocycles. The van der Waals surface area contributed by atoms with E-state index in [1.807, 2.05) is 13.0 Å². The highest BCUT2D eigenvalue weighted by Crippen LogP contribution is 2.46. The highest BCUT2D eigenvalue weighted by Gasteiger charge is 2.45. The summed E-state index contributed by atoms with van der Waals surface area (Å²) in [7, 11) is 0. The molecule has 0 unspecified atom stereocenters. The number of aromatic amines is 1. The van der Waals surface area contributed by atoms with E-state index in [4.69, 9.17) is 0 Å². The van der Waals surface area contributed by atoms with Crippen LogP contribution in [0, 0.1) is 0 Å². The predicted molar refractivity (Wildman–Crippen MR) is 98.5 cm³/mol. The van der Waals surface area contributed by atoms with Crippen LogP contribution in [0.15, 0.2) is 23.1 Å². The monoisotopic (exact) mass is 390 g/mol. The second-order valence-electron chi connectivity index (χ2n) is 7.07. The minimum atomic E-state index is -3.00. The van der Waals surface area contributed by atoms with Crippen molar-refractivity contribution in [2.24, 2.45) is 0 Å². The van der Waals surface area contributed by atoms with Crippen molar-refractivity contribution in [3.8, 4) is 10.6 Å². The third kappa shape index (κ3) is 2.41. The summed E-state index contributed by atoms with van der Waals surface area (Å²) in [6, 6.07) is 3.37. The maximum atomic E-state index is 14.4. The van der Waals surface area contributed by atoms with Gasteiger partial charge in [0.2, 0.25) is 5.95 Å². The van der Waals surface area contributed by atoms with Gasteiger partial charge in [0.25, 0.3) is 11.5 Å². The SMILES string of the molecule is C[C@H]1[C@H](O)CN1c1nc(-c2cc3cc[nH]c(=O)c3s2)c2c(n1)C(F)(F)CC2. The summed E-state index contributed by atoms with van der Waals surface area (Å²) in [5.74, 6) is -2.79. The lowest BCUT2D eigenvalue weighted by molar-refractivity contribution is -0.00603. The van der Waals surface area contributed by atoms with E-state index in [2.05, 4.69) is 15.0 Å². The molecule has 4 heterocycles. The number of β-amino-alcohol motifs (C(OH)–C–C–N with tert-alkyl or cyclic N) is 1. The summed E-state index contributed by atoms with van der Waals surface area (Å²) in [5.41, 5.74) is 0.462. The lowest BCUT2D eigenvalue weighted by Gasteiger charge is -2.43. The fraction of sp³-hybridized carbons (Fsp3) is 0.389. The number of rotatable bonds is 2. The first kappa shape index (κ1) is 16.8. The van der Waals surface area contributed by atoms with Crippen LogP contribution in [0.25, 0.3) is 20.7 Å². The number of hydrogen-bond acceptors (Lipinski definition) is 6. The molecular weight excluding hydrogens is 374 g/mol. The number of fused-ring (bicyclic) bond motifs is 2. The first-order valence-corrected chi connectivity index (χ1v) is 9.52. The van der Waals surface area contributed by atoms with Gasteiger partial charge in [-0.15, -0.1) is 11.3 Å². The van der Waals surface area contributed by atoms with Gasteiger partial charge in [-0.05, 0) is 25.5 Å². The molecule has 140 valence electrons. The average Bonchev–Trinajstić information content (AvgIpc) is 3.21. The molecule has 2 atom stereocenters. The number of hydrogen-bond donors (Lipinski definition) is 2. The standard InChI is InChI=1S/C18H16F2N4O2S/c1-8-11(25)7-24(8)17-22-13(10-2-4-18(19,20)15(10)23-17)12-6-9-3-5-21-16(26)14(9)27-12/h3,5-6,8,11,25H,2,4,7H2,1H3,(H,21,26)/t8-,11+/m0/s1. The summed E-state index contributed by atoms with van der Waals surface area (Å²) < 4.78 is 29.4. The minimum Gasteiger partial charge on any atom is -0.389 e. The summed E-state index contributed by atoms with van der Waals surface area (Å²) in [6.45, 7) is 2.12. The first-order valence-electron chi connectivity index (χ1n) is 8.71. The zero-order valence-electron chi connectivity index (χ0n) is 14.4. The molecule has 1 saturated heterocycles. The molecule has 1 aliphatic heterocycles. The Morgan fingerprint density at radius 2 is 2.22 bits per heavy atom. The van der Waals surface area contributed by atoms with Crippen LogP contribution >= 0.6 is 11.3 Å². The van der Waals surface area contributed by atoms with E-state index in [1.165, 1.54) is 11.3 Å². The molecule has 0 radical (unpaired) electrons. The van der Waals surface area contributed by atoms with Crippen molar-refractivity contribution in [2.75, 3.05) is 11.4 Å². The number of pyridine rings is 1. The number of anilines is 1. The van der Waals surface area contributed by atoms with Crippen LogP contribution in [0.3, 0.4) is 0 Å². The third-order valence-corrected chi connectivity index (χ3v) is 6.55. The van der Waals surface area contributed by atoms with E-state index in [1.54, 1.807) is 17.2 Å². The van der Waals surface area contributed by atoms with Gasteiger partial charge in [-0.25, -0.2) is 9.97 Å². The molecule has 0 bridgehead atoms. The Bertz CT molecular complexity index is 1130. The number of alkyl halides is 2. The normalized spacial score (nSPS) is 23.5. The molecule has 2 aliphatic rings. The van der Waals surface area contributed by atoms with Gasteiger partial charge in [0.15, 0.2) is 0 Å². The molecule has 2 N–H and O–H groups in total. The van der Waals surface area contributed by atoms with Gasteiger partial charge in [-0.3, -0.25) is 4.79 Å². The molecule has 0 amide bonds. The summed E-state index contributed by atoms with van der Waals surface area (Å²) in [6.07, 6.45) is 0.945. The van der Waals surface area contributed by atoms with Crippen molar-refractivity contribution in [3.05, 3.63) is 39.9 Å². The lowest BCUT2D eigenvalue weighted by atomic mass is 10.0. The zero-order valence-corrected chi connectivity index (χ0v) is 15.2. The van der Waals surface area contributed by atoms with Gasteiger partial charge in [0.1, 0.15) is 10.4 Å². The fourth-order valence-electron chi connectivity index (χ4n) is 3.69. The summed E-state index contributed by atoms with van der Waals surface area (Å²) in [4.78, 5) is 25.8. The van der Waals surface area contributed by atoms with E-state index >= 15 is 0 Å².